The molecule has 0 aromatic heterocycles. The minimum atomic E-state index is -0.564. The molecule has 0 saturated carbocycles. The highest BCUT2D eigenvalue weighted by molar-refractivity contribution is 5.69. The number of hydrogen-bond donors (Lipinski definition) is 1. The summed E-state index contributed by atoms with van der Waals surface area (Å²) in [6, 6.07) is 0. The monoisotopic (exact) mass is 709 g/mol. The highest BCUT2D eigenvalue weighted by Gasteiger charge is 2.13. The van der Waals surface area contributed by atoms with Crippen molar-refractivity contribution in [2.45, 2.75) is 187 Å². The van der Waals surface area contributed by atoms with Gasteiger partial charge in [-0.15, -0.1) is 0 Å². The lowest BCUT2D eigenvalue weighted by Crippen LogP contribution is -2.27. The zero-order valence-corrected chi connectivity index (χ0v) is 33.3. The number of hydrogen-bond acceptors (Lipinski definition) is 4. The average molecular weight is 709 g/mol. The predicted octanol–water partition coefficient (Wildman–Crippen LogP) is 14.0. The van der Waals surface area contributed by atoms with Crippen molar-refractivity contribution in [3.63, 3.8) is 0 Å². The Bertz CT molecular complexity index is 923. The molecule has 0 aromatic carbocycles. The van der Waals surface area contributed by atoms with Gasteiger partial charge in [-0.3, -0.25) is 4.79 Å². The quantitative estimate of drug-likeness (QED) is 0.0394. The van der Waals surface area contributed by atoms with E-state index in [4.69, 9.17) is 9.47 Å². The molecule has 0 aliphatic rings. The SMILES string of the molecule is CC/C=C\C/C=C\C/C=C\C/C=C\C/C=C\CCCCOCC(CO)OC(=O)CCCCCCCCCCC/C=C\C/C=C\CCCCCCC. The van der Waals surface area contributed by atoms with E-state index >= 15 is 0 Å². The Morgan fingerprint density at radius 3 is 1.33 bits per heavy atom. The van der Waals surface area contributed by atoms with Crippen molar-refractivity contribution in [2.24, 2.45) is 0 Å². The largest absolute Gasteiger partial charge is 0.457 e. The average Bonchev–Trinajstić information content (AvgIpc) is 3.14. The maximum atomic E-state index is 12.2. The molecule has 0 amide bonds. The van der Waals surface area contributed by atoms with Gasteiger partial charge in [0.15, 0.2) is 0 Å². The van der Waals surface area contributed by atoms with E-state index in [2.05, 4.69) is 98.9 Å². The number of rotatable bonds is 38. The van der Waals surface area contributed by atoms with E-state index in [9.17, 15) is 9.90 Å². The fraction of sp³-hybridized carbons (Fsp3) is 0.681. The summed E-state index contributed by atoms with van der Waals surface area (Å²) in [5, 5.41) is 9.59. The second-order valence-corrected chi connectivity index (χ2v) is 13.7. The van der Waals surface area contributed by atoms with Crippen LogP contribution in [0, 0.1) is 0 Å². The van der Waals surface area contributed by atoms with Crippen molar-refractivity contribution >= 4 is 5.97 Å². The Balaban J connectivity index is 3.54. The number of carbonyl (C=O) groups is 1. The van der Waals surface area contributed by atoms with E-state index in [1.54, 1.807) is 0 Å². The van der Waals surface area contributed by atoms with Crippen molar-refractivity contribution in [3.05, 3.63) is 85.1 Å². The minimum Gasteiger partial charge on any atom is -0.457 e. The smallest absolute Gasteiger partial charge is 0.306 e. The molecule has 4 nitrogen and oxygen atoms in total. The summed E-state index contributed by atoms with van der Waals surface area (Å²) >= 11 is 0. The van der Waals surface area contributed by atoms with E-state index in [1.807, 2.05) is 0 Å². The van der Waals surface area contributed by atoms with Crippen molar-refractivity contribution in [1.82, 2.24) is 0 Å². The first-order chi connectivity index (χ1) is 25.2. The maximum Gasteiger partial charge on any atom is 0.306 e. The zero-order chi connectivity index (χ0) is 37.0. The predicted molar refractivity (Wildman–Crippen MR) is 223 cm³/mol. The van der Waals surface area contributed by atoms with Crippen LogP contribution in [0.5, 0.6) is 0 Å². The Hall–Kier alpha value is -2.43. The summed E-state index contributed by atoms with van der Waals surface area (Å²) in [4.78, 5) is 12.2. The van der Waals surface area contributed by atoms with Crippen LogP contribution >= 0.6 is 0 Å². The number of aliphatic hydroxyl groups excluding tert-OH is 1. The van der Waals surface area contributed by atoms with Crippen molar-refractivity contribution in [2.75, 3.05) is 19.8 Å². The molecule has 1 unspecified atom stereocenters. The molecule has 0 spiro atoms. The third-order valence-electron chi connectivity index (χ3n) is 8.70. The molecule has 0 aliphatic carbocycles. The molecule has 0 aliphatic heterocycles. The number of esters is 1. The molecule has 51 heavy (non-hydrogen) atoms. The highest BCUT2D eigenvalue weighted by atomic mass is 16.6. The molecule has 0 heterocycles. The molecule has 0 saturated heterocycles. The van der Waals surface area contributed by atoms with E-state index in [1.165, 1.54) is 89.9 Å². The molecule has 1 N–H and O–H groups in total. The number of aliphatic hydroxyl groups is 1. The van der Waals surface area contributed by atoms with Crippen LogP contribution in [0.15, 0.2) is 85.1 Å². The molecular formula is C47H80O4. The normalized spacial score (nSPS) is 13.2. The van der Waals surface area contributed by atoms with Gasteiger partial charge in [-0.25, -0.2) is 0 Å². The summed E-state index contributed by atoms with van der Waals surface area (Å²) in [5.74, 6) is -0.223. The Kier molecular flexibility index (Phi) is 41.6. The molecule has 0 fully saturated rings. The van der Waals surface area contributed by atoms with Crippen molar-refractivity contribution in [3.8, 4) is 0 Å². The van der Waals surface area contributed by atoms with Gasteiger partial charge in [-0.2, -0.15) is 0 Å². The molecule has 1 atom stereocenters. The summed E-state index contributed by atoms with van der Waals surface area (Å²) < 4.78 is 11.1. The maximum absolute atomic E-state index is 12.2. The lowest BCUT2D eigenvalue weighted by Gasteiger charge is -2.15. The van der Waals surface area contributed by atoms with E-state index in [0.717, 1.165) is 70.6 Å². The standard InChI is InChI=1S/C47H80O4/c1-3-5-7-9-11-13-15-17-19-21-23-24-25-26-28-30-32-34-36-38-40-42-47(49)51-46(44-48)45-50-43-41-39-37-35-33-31-29-27-22-20-18-16-14-12-10-8-6-4-2/h6,8,12,14-15,17-18,20-21,23,27,29,33,35,46,48H,3-5,7,9-11,13,16,19,22,24-26,28,30-32,34,36-45H2,1-2H3/b8-6-,14-12-,17-15-,20-18-,23-21-,29-27-,35-33-. The number of allylic oxidation sites excluding steroid dienone is 14. The Morgan fingerprint density at radius 1 is 0.490 bits per heavy atom. The van der Waals surface area contributed by atoms with Crippen LogP contribution in [-0.2, 0) is 14.3 Å². The lowest BCUT2D eigenvalue weighted by molar-refractivity contribution is -0.154. The summed E-state index contributed by atoms with van der Waals surface area (Å²) in [6.45, 7) is 5.11. The van der Waals surface area contributed by atoms with Gasteiger partial charge >= 0.3 is 5.97 Å². The fourth-order valence-corrected chi connectivity index (χ4v) is 5.56. The first kappa shape index (κ1) is 48.6. The van der Waals surface area contributed by atoms with Gasteiger partial charge in [0.05, 0.1) is 13.2 Å². The van der Waals surface area contributed by atoms with Gasteiger partial charge in [0.2, 0.25) is 0 Å². The third-order valence-corrected chi connectivity index (χ3v) is 8.70. The molecule has 0 bridgehead atoms. The van der Waals surface area contributed by atoms with Gasteiger partial charge in [0, 0.05) is 13.0 Å². The van der Waals surface area contributed by atoms with E-state index in [-0.39, 0.29) is 19.2 Å². The highest BCUT2D eigenvalue weighted by Crippen LogP contribution is 2.13. The Morgan fingerprint density at radius 2 is 0.882 bits per heavy atom. The number of ether oxygens (including phenoxy) is 2. The van der Waals surface area contributed by atoms with Gasteiger partial charge in [0.1, 0.15) is 6.10 Å². The summed E-state index contributed by atoms with van der Waals surface area (Å²) in [6.07, 6.45) is 60.7. The van der Waals surface area contributed by atoms with Crippen LogP contribution in [0.2, 0.25) is 0 Å². The Labute approximate surface area is 316 Å². The van der Waals surface area contributed by atoms with E-state index in [0.29, 0.717) is 13.0 Å². The first-order valence-corrected chi connectivity index (χ1v) is 21.2. The lowest BCUT2D eigenvalue weighted by atomic mass is 10.1. The minimum absolute atomic E-state index is 0.196. The molecule has 4 heteroatoms. The van der Waals surface area contributed by atoms with Gasteiger partial charge in [-0.05, 0) is 89.9 Å². The second-order valence-electron chi connectivity index (χ2n) is 13.7. The summed E-state index contributed by atoms with van der Waals surface area (Å²) in [5.41, 5.74) is 0. The molecule has 0 radical (unpaired) electrons. The molecular weight excluding hydrogens is 629 g/mol. The molecule has 292 valence electrons. The first-order valence-electron chi connectivity index (χ1n) is 21.2. The third kappa shape index (κ3) is 41.9. The number of carbonyl (C=O) groups excluding carboxylic acids is 1. The van der Waals surface area contributed by atoms with Crippen LogP contribution in [0.3, 0.4) is 0 Å². The zero-order valence-electron chi connectivity index (χ0n) is 33.3. The van der Waals surface area contributed by atoms with Gasteiger partial charge < -0.3 is 14.6 Å². The van der Waals surface area contributed by atoms with Crippen LogP contribution in [0.4, 0.5) is 0 Å². The number of unbranched alkanes of at least 4 members (excludes halogenated alkanes) is 16. The van der Waals surface area contributed by atoms with Crippen molar-refractivity contribution in [1.29, 1.82) is 0 Å². The van der Waals surface area contributed by atoms with Gasteiger partial charge in [-0.1, -0.05) is 170 Å². The second kappa shape index (κ2) is 43.7. The van der Waals surface area contributed by atoms with Crippen LogP contribution in [0.1, 0.15) is 181 Å². The summed E-state index contributed by atoms with van der Waals surface area (Å²) in [7, 11) is 0. The fourth-order valence-electron chi connectivity index (χ4n) is 5.56. The van der Waals surface area contributed by atoms with Crippen LogP contribution in [-0.4, -0.2) is 37.0 Å². The molecule has 0 rings (SSSR count). The van der Waals surface area contributed by atoms with E-state index < -0.39 is 6.10 Å². The van der Waals surface area contributed by atoms with Crippen molar-refractivity contribution < 1.29 is 19.4 Å². The van der Waals surface area contributed by atoms with Crippen LogP contribution in [0.25, 0.3) is 0 Å². The topological polar surface area (TPSA) is 55.8 Å². The van der Waals surface area contributed by atoms with Gasteiger partial charge in [0.25, 0.3) is 0 Å². The van der Waals surface area contributed by atoms with Crippen LogP contribution < -0.4 is 0 Å². The molecule has 0 aromatic rings.